The number of anilines is 1. The fourth-order valence-corrected chi connectivity index (χ4v) is 4.50. The van der Waals surface area contributed by atoms with Crippen molar-refractivity contribution in [2.24, 2.45) is 0 Å². The number of thiocarbonyl (C=S) groups is 1. The van der Waals surface area contributed by atoms with Crippen LogP contribution in [0.5, 0.6) is 0 Å². The van der Waals surface area contributed by atoms with Crippen LogP contribution in [0.3, 0.4) is 0 Å². The molecule has 0 radical (unpaired) electrons. The van der Waals surface area contributed by atoms with Crippen LogP contribution >= 0.6 is 35.6 Å². The minimum absolute atomic E-state index is 0.213. The maximum Gasteiger partial charge on any atom is 0.381 e. The van der Waals surface area contributed by atoms with Gasteiger partial charge in [0.15, 0.2) is 0 Å². The molecule has 3 rings (SSSR count). The molecule has 1 aromatic carbocycles. The lowest BCUT2D eigenvalue weighted by Gasteiger charge is -2.37. The van der Waals surface area contributed by atoms with Gasteiger partial charge in [-0.1, -0.05) is 41.6 Å². The zero-order valence-corrected chi connectivity index (χ0v) is 18.3. The third kappa shape index (κ3) is 5.81. The van der Waals surface area contributed by atoms with Gasteiger partial charge in [-0.25, -0.2) is 0 Å². The third-order valence-electron chi connectivity index (χ3n) is 4.67. The summed E-state index contributed by atoms with van der Waals surface area (Å²) in [5.41, 5.74) is 1.11. The van der Waals surface area contributed by atoms with Crippen LogP contribution in [0.15, 0.2) is 30.5 Å². The number of nitro groups is 1. The van der Waals surface area contributed by atoms with Crippen molar-refractivity contribution in [3.8, 4) is 0 Å². The SMILES string of the molecule is Cc1nc([N+](=O)[O-])cn1CC(O)CSC(=S)N1CCN(c2cccc(Cl)c2)CC1. The number of hydrogen-bond donors (Lipinski definition) is 1. The van der Waals surface area contributed by atoms with E-state index in [-0.39, 0.29) is 12.4 Å². The van der Waals surface area contributed by atoms with Crippen LogP contribution in [-0.2, 0) is 6.54 Å². The Labute approximate surface area is 183 Å². The van der Waals surface area contributed by atoms with Crippen molar-refractivity contribution in [2.45, 2.75) is 19.6 Å². The van der Waals surface area contributed by atoms with Gasteiger partial charge < -0.3 is 29.6 Å². The molecule has 1 atom stereocenters. The topological polar surface area (TPSA) is 87.7 Å². The van der Waals surface area contributed by atoms with Gasteiger partial charge in [-0.3, -0.25) is 0 Å². The maximum atomic E-state index is 10.8. The minimum atomic E-state index is -0.682. The molecular formula is C18H22ClN5O3S2. The highest BCUT2D eigenvalue weighted by molar-refractivity contribution is 8.22. The van der Waals surface area contributed by atoms with E-state index in [2.05, 4.69) is 14.8 Å². The fourth-order valence-electron chi connectivity index (χ4n) is 3.12. The number of rotatable bonds is 6. The van der Waals surface area contributed by atoms with Crippen molar-refractivity contribution >= 4 is 51.4 Å². The molecule has 29 heavy (non-hydrogen) atoms. The molecule has 1 saturated heterocycles. The average Bonchev–Trinajstić information content (AvgIpc) is 3.07. The lowest BCUT2D eigenvalue weighted by atomic mass is 10.2. The molecule has 0 saturated carbocycles. The molecule has 1 fully saturated rings. The highest BCUT2D eigenvalue weighted by Gasteiger charge is 2.21. The van der Waals surface area contributed by atoms with E-state index in [1.807, 2.05) is 24.3 Å². The van der Waals surface area contributed by atoms with Crippen LogP contribution in [0.4, 0.5) is 11.5 Å². The number of aliphatic hydroxyl groups is 1. The third-order valence-corrected chi connectivity index (χ3v) is 6.57. The first-order valence-corrected chi connectivity index (χ1v) is 10.9. The van der Waals surface area contributed by atoms with Gasteiger partial charge >= 0.3 is 5.82 Å². The van der Waals surface area contributed by atoms with Crippen molar-refractivity contribution in [1.29, 1.82) is 0 Å². The summed E-state index contributed by atoms with van der Waals surface area (Å²) < 4.78 is 2.35. The van der Waals surface area contributed by atoms with Crippen LogP contribution < -0.4 is 4.90 Å². The number of piperazine rings is 1. The molecule has 1 aliphatic rings. The average molecular weight is 456 g/mol. The van der Waals surface area contributed by atoms with Gasteiger partial charge in [0.05, 0.1) is 12.6 Å². The fraction of sp³-hybridized carbons (Fsp3) is 0.444. The largest absolute Gasteiger partial charge is 0.390 e. The minimum Gasteiger partial charge on any atom is -0.390 e. The highest BCUT2D eigenvalue weighted by atomic mass is 35.5. The Morgan fingerprint density at radius 2 is 2.14 bits per heavy atom. The van der Waals surface area contributed by atoms with Crippen LogP contribution in [0.2, 0.25) is 5.02 Å². The number of aliphatic hydroxyl groups excluding tert-OH is 1. The van der Waals surface area contributed by atoms with Gasteiger partial charge in [0.2, 0.25) is 5.82 Å². The van der Waals surface area contributed by atoms with E-state index < -0.39 is 11.0 Å². The molecule has 1 unspecified atom stereocenters. The molecule has 0 aliphatic carbocycles. The molecule has 11 heteroatoms. The summed E-state index contributed by atoms with van der Waals surface area (Å²) in [4.78, 5) is 18.5. The Morgan fingerprint density at radius 3 is 2.76 bits per heavy atom. The van der Waals surface area contributed by atoms with E-state index in [0.717, 1.165) is 41.2 Å². The van der Waals surface area contributed by atoms with E-state index in [9.17, 15) is 15.2 Å². The van der Waals surface area contributed by atoms with Crippen molar-refractivity contribution in [3.05, 3.63) is 51.4 Å². The molecule has 0 bridgehead atoms. The number of aromatic nitrogens is 2. The first-order valence-electron chi connectivity index (χ1n) is 9.12. The van der Waals surface area contributed by atoms with Crippen LogP contribution in [0.1, 0.15) is 5.82 Å². The van der Waals surface area contributed by atoms with Gasteiger partial charge in [0.1, 0.15) is 10.5 Å². The summed E-state index contributed by atoms with van der Waals surface area (Å²) in [6, 6.07) is 7.82. The summed E-state index contributed by atoms with van der Waals surface area (Å²) >= 11 is 13.0. The number of nitrogens with zero attached hydrogens (tertiary/aromatic N) is 5. The molecular weight excluding hydrogens is 434 g/mol. The van der Waals surface area contributed by atoms with E-state index in [4.69, 9.17) is 23.8 Å². The Hall–Kier alpha value is -1.88. The molecule has 1 aliphatic heterocycles. The Morgan fingerprint density at radius 1 is 1.41 bits per heavy atom. The summed E-state index contributed by atoms with van der Waals surface area (Å²) in [6.45, 7) is 5.23. The van der Waals surface area contributed by atoms with E-state index in [1.54, 1.807) is 11.5 Å². The van der Waals surface area contributed by atoms with E-state index in [0.29, 0.717) is 11.6 Å². The monoisotopic (exact) mass is 455 g/mol. The zero-order valence-electron chi connectivity index (χ0n) is 15.9. The lowest BCUT2D eigenvalue weighted by molar-refractivity contribution is -0.389. The number of aryl methyl sites for hydroxylation is 1. The number of thioether (sulfide) groups is 1. The molecule has 2 aromatic rings. The van der Waals surface area contributed by atoms with Crippen molar-refractivity contribution < 1.29 is 10.0 Å². The summed E-state index contributed by atoms with van der Waals surface area (Å²) in [6.07, 6.45) is 0.662. The summed E-state index contributed by atoms with van der Waals surface area (Å²) in [5, 5.41) is 21.8. The molecule has 1 N–H and O–H groups in total. The van der Waals surface area contributed by atoms with Crippen LogP contribution in [0, 0.1) is 17.0 Å². The lowest BCUT2D eigenvalue weighted by Crippen LogP contribution is -2.47. The van der Waals surface area contributed by atoms with E-state index >= 15 is 0 Å². The Balaban J connectivity index is 1.44. The smallest absolute Gasteiger partial charge is 0.381 e. The highest BCUT2D eigenvalue weighted by Crippen LogP contribution is 2.22. The van der Waals surface area contributed by atoms with Gasteiger partial charge in [-0.05, 0) is 28.1 Å². The molecule has 2 heterocycles. The van der Waals surface area contributed by atoms with Crippen molar-refractivity contribution in [1.82, 2.24) is 14.5 Å². The molecule has 8 nitrogen and oxygen atoms in total. The Bertz CT molecular complexity index is 886. The van der Waals surface area contributed by atoms with Crippen LogP contribution in [0.25, 0.3) is 0 Å². The second-order valence-corrected chi connectivity index (χ2v) is 8.83. The predicted molar refractivity (Wildman–Crippen MR) is 120 cm³/mol. The standard InChI is InChI=1S/C18H22ClN5O3S2/c1-13-20-17(24(26)27)11-23(13)10-16(25)12-29-18(28)22-7-5-21(6-8-22)15-4-2-3-14(19)9-15/h2-4,9,11,16,25H,5-8,10,12H2,1H3. The number of hydrogen-bond acceptors (Lipinski definition) is 7. The molecule has 0 spiro atoms. The molecule has 0 amide bonds. The first kappa shape index (κ1) is 21.8. The number of halogens is 1. The van der Waals surface area contributed by atoms with Gasteiger partial charge in [0.25, 0.3) is 0 Å². The maximum absolute atomic E-state index is 10.8. The molecule has 156 valence electrons. The van der Waals surface area contributed by atoms with Gasteiger partial charge in [-0.2, -0.15) is 0 Å². The normalized spacial score (nSPS) is 15.4. The predicted octanol–water partition coefficient (Wildman–Crippen LogP) is 2.95. The second kappa shape index (κ2) is 9.75. The van der Waals surface area contributed by atoms with Gasteiger partial charge in [0, 0.05) is 49.6 Å². The first-order chi connectivity index (χ1) is 13.8. The summed E-state index contributed by atoms with van der Waals surface area (Å²) in [5.74, 6) is 0.703. The second-order valence-electron chi connectivity index (χ2n) is 6.74. The molecule has 1 aromatic heterocycles. The number of benzene rings is 1. The van der Waals surface area contributed by atoms with Gasteiger partial charge in [-0.15, -0.1) is 0 Å². The van der Waals surface area contributed by atoms with E-state index in [1.165, 1.54) is 18.0 Å². The number of imidazole rings is 1. The quantitative estimate of drug-likeness (QED) is 0.404. The summed E-state index contributed by atoms with van der Waals surface area (Å²) in [7, 11) is 0. The van der Waals surface area contributed by atoms with Crippen molar-refractivity contribution in [2.75, 3.05) is 36.8 Å². The Kier molecular flexibility index (Phi) is 7.33. The van der Waals surface area contributed by atoms with Crippen LogP contribution in [-0.4, -0.2) is 66.8 Å². The van der Waals surface area contributed by atoms with Crippen molar-refractivity contribution in [3.63, 3.8) is 0 Å². The zero-order chi connectivity index (χ0) is 21.0.